The van der Waals surface area contributed by atoms with Crippen LogP contribution in [0.4, 0.5) is 5.82 Å². The summed E-state index contributed by atoms with van der Waals surface area (Å²) in [6.07, 6.45) is 1.44. The van der Waals surface area contributed by atoms with Crippen molar-refractivity contribution < 1.29 is 4.79 Å². The number of hydrogen-bond donors (Lipinski definition) is 1. The highest BCUT2D eigenvalue weighted by molar-refractivity contribution is 5.92. The van der Waals surface area contributed by atoms with E-state index in [9.17, 15) is 4.79 Å². The molecule has 0 aliphatic carbocycles. The first-order valence-electron chi connectivity index (χ1n) is 6.72. The summed E-state index contributed by atoms with van der Waals surface area (Å²) in [5.74, 6) is 0.516. The number of aromatic nitrogens is 3. The van der Waals surface area contributed by atoms with Gasteiger partial charge >= 0.3 is 0 Å². The van der Waals surface area contributed by atoms with Crippen LogP contribution in [0.5, 0.6) is 0 Å². The highest BCUT2D eigenvalue weighted by Gasteiger charge is 2.24. The number of aryl methyl sites for hydroxylation is 1. The van der Waals surface area contributed by atoms with Crippen molar-refractivity contribution in [3.05, 3.63) is 17.6 Å². The van der Waals surface area contributed by atoms with E-state index in [4.69, 9.17) is 5.73 Å². The Morgan fingerprint density at radius 3 is 2.70 bits per heavy atom. The van der Waals surface area contributed by atoms with Crippen LogP contribution in [-0.2, 0) is 4.79 Å². The van der Waals surface area contributed by atoms with Crippen LogP contribution in [0.15, 0.2) is 6.33 Å². The first kappa shape index (κ1) is 14.3. The van der Waals surface area contributed by atoms with Gasteiger partial charge in [-0.2, -0.15) is 0 Å². The minimum absolute atomic E-state index is 0.0599. The number of rotatable bonds is 3. The van der Waals surface area contributed by atoms with Gasteiger partial charge in [0.2, 0.25) is 5.91 Å². The van der Waals surface area contributed by atoms with E-state index in [0.29, 0.717) is 12.4 Å². The maximum Gasteiger partial charge on any atom is 0.245 e. The number of amides is 1. The molecule has 0 aliphatic rings. The van der Waals surface area contributed by atoms with E-state index >= 15 is 0 Å². The van der Waals surface area contributed by atoms with Crippen LogP contribution in [-0.4, -0.2) is 38.9 Å². The summed E-state index contributed by atoms with van der Waals surface area (Å²) in [6, 6.07) is -0.314. The van der Waals surface area contributed by atoms with Gasteiger partial charge in [-0.3, -0.25) is 4.79 Å². The largest absolute Gasteiger partial charge is 0.383 e. The summed E-state index contributed by atoms with van der Waals surface area (Å²) in [5.41, 5.74) is 8.68. The quantitative estimate of drug-likeness (QED) is 0.924. The lowest BCUT2D eigenvalue weighted by Gasteiger charge is -2.22. The molecular weight excluding hydrogens is 254 g/mol. The fourth-order valence-electron chi connectivity index (χ4n) is 2.51. The van der Waals surface area contributed by atoms with Gasteiger partial charge in [0.1, 0.15) is 23.8 Å². The molecule has 2 aromatic rings. The van der Waals surface area contributed by atoms with Gasteiger partial charge < -0.3 is 15.2 Å². The molecule has 0 bridgehead atoms. The van der Waals surface area contributed by atoms with Crippen LogP contribution in [0.25, 0.3) is 11.0 Å². The van der Waals surface area contributed by atoms with E-state index < -0.39 is 0 Å². The standard InChI is InChI=1S/C14H21N5O/c1-6-18(5)14(20)10(4)19-9(3)8(2)11-12(15)16-7-17-13(11)19/h7,10H,6H2,1-5H3,(H2,15,16,17). The van der Waals surface area contributed by atoms with Gasteiger partial charge in [-0.25, -0.2) is 9.97 Å². The summed E-state index contributed by atoms with van der Waals surface area (Å²) < 4.78 is 1.94. The van der Waals surface area contributed by atoms with Gasteiger partial charge in [0.15, 0.2) is 0 Å². The number of carbonyl (C=O) groups is 1. The van der Waals surface area contributed by atoms with Gasteiger partial charge in [-0.1, -0.05) is 0 Å². The fourth-order valence-corrected chi connectivity index (χ4v) is 2.51. The molecule has 6 nitrogen and oxygen atoms in total. The summed E-state index contributed by atoms with van der Waals surface area (Å²) in [5, 5.41) is 0.837. The predicted octanol–water partition coefficient (Wildman–Crippen LogP) is 1.67. The molecule has 0 fully saturated rings. The molecule has 0 aromatic carbocycles. The van der Waals surface area contributed by atoms with Crippen molar-refractivity contribution in [1.82, 2.24) is 19.4 Å². The second-order valence-corrected chi connectivity index (χ2v) is 5.07. The Kier molecular flexibility index (Phi) is 3.65. The Balaban J connectivity index is 2.63. The molecule has 0 spiro atoms. The Morgan fingerprint density at radius 2 is 2.10 bits per heavy atom. The van der Waals surface area contributed by atoms with E-state index in [1.54, 1.807) is 11.9 Å². The third-order valence-corrected chi connectivity index (χ3v) is 3.96. The van der Waals surface area contributed by atoms with E-state index in [1.807, 2.05) is 32.3 Å². The molecule has 0 saturated heterocycles. The van der Waals surface area contributed by atoms with Gasteiger partial charge in [0.05, 0.1) is 5.39 Å². The Hall–Kier alpha value is -2.11. The number of nitrogens with two attached hydrogens (primary N) is 1. The number of anilines is 1. The molecule has 2 rings (SSSR count). The van der Waals surface area contributed by atoms with Crippen LogP contribution < -0.4 is 5.73 Å². The van der Waals surface area contributed by atoms with Gasteiger partial charge in [-0.05, 0) is 33.3 Å². The first-order valence-corrected chi connectivity index (χ1v) is 6.72. The minimum Gasteiger partial charge on any atom is -0.383 e. The normalized spacial score (nSPS) is 12.7. The lowest BCUT2D eigenvalue weighted by atomic mass is 10.2. The number of nitrogen functional groups attached to an aromatic ring is 1. The van der Waals surface area contributed by atoms with E-state index in [1.165, 1.54) is 6.33 Å². The maximum absolute atomic E-state index is 12.4. The van der Waals surface area contributed by atoms with E-state index in [2.05, 4.69) is 9.97 Å². The Bertz CT molecular complexity index is 661. The van der Waals surface area contributed by atoms with Gasteiger partial charge in [-0.15, -0.1) is 0 Å². The van der Waals surface area contributed by atoms with Crippen molar-refractivity contribution in [3.63, 3.8) is 0 Å². The zero-order chi connectivity index (χ0) is 15.0. The zero-order valence-electron chi connectivity index (χ0n) is 12.6. The smallest absolute Gasteiger partial charge is 0.245 e. The molecule has 0 aliphatic heterocycles. The Morgan fingerprint density at radius 1 is 1.45 bits per heavy atom. The topological polar surface area (TPSA) is 77.0 Å². The van der Waals surface area contributed by atoms with E-state index in [0.717, 1.165) is 22.3 Å². The number of nitrogens with zero attached hydrogens (tertiary/aromatic N) is 4. The van der Waals surface area contributed by atoms with Crippen molar-refractivity contribution in [2.45, 2.75) is 33.7 Å². The molecule has 2 heterocycles. The molecule has 1 amide bonds. The molecule has 2 N–H and O–H groups in total. The van der Waals surface area contributed by atoms with Crippen LogP contribution in [0, 0.1) is 13.8 Å². The summed E-state index contributed by atoms with van der Waals surface area (Å²) in [6.45, 7) is 8.48. The SMILES string of the molecule is CCN(C)C(=O)C(C)n1c(C)c(C)c2c(N)ncnc21. The van der Waals surface area contributed by atoms with Gasteiger partial charge in [0.25, 0.3) is 0 Å². The minimum atomic E-state index is -0.314. The number of hydrogen-bond acceptors (Lipinski definition) is 4. The summed E-state index contributed by atoms with van der Waals surface area (Å²) >= 11 is 0. The lowest BCUT2D eigenvalue weighted by molar-refractivity contribution is -0.132. The molecule has 1 unspecified atom stereocenters. The highest BCUT2D eigenvalue weighted by atomic mass is 16.2. The van der Waals surface area contributed by atoms with Crippen molar-refractivity contribution in [1.29, 1.82) is 0 Å². The van der Waals surface area contributed by atoms with Crippen LogP contribution in [0.2, 0.25) is 0 Å². The number of fused-ring (bicyclic) bond motifs is 1. The van der Waals surface area contributed by atoms with Crippen molar-refractivity contribution in [2.24, 2.45) is 0 Å². The van der Waals surface area contributed by atoms with E-state index in [-0.39, 0.29) is 11.9 Å². The van der Waals surface area contributed by atoms with Crippen LogP contribution >= 0.6 is 0 Å². The molecule has 20 heavy (non-hydrogen) atoms. The van der Waals surface area contributed by atoms with Crippen LogP contribution in [0.1, 0.15) is 31.1 Å². The number of likely N-dealkylation sites (N-methyl/N-ethyl adjacent to an activating group) is 1. The number of carbonyl (C=O) groups excluding carboxylic acids is 1. The highest BCUT2D eigenvalue weighted by Crippen LogP contribution is 2.30. The molecule has 0 radical (unpaired) electrons. The maximum atomic E-state index is 12.4. The van der Waals surface area contributed by atoms with Crippen molar-refractivity contribution in [3.8, 4) is 0 Å². The second kappa shape index (κ2) is 5.11. The molecule has 6 heteroatoms. The monoisotopic (exact) mass is 275 g/mol. The molecule has 1 atom stereocenters. The fraction of sp³-hybridized carbons (Fsp3) is 0.500. The van der Waals surface area contributed by atoms with Crippen molar-refractivity contribution >= 4 is 22.8 Å². The molecule has 0 saturated carbocycles. The molecule has 2 aromatic heterocycles. The predicted molar refractivity (Wildman–Crippen MR) is 79.4 cm³/mol. The first-order chi connectivity index (χ1) is 9.40. The van der Waals surface area contributed by atoms with Crippen LogP contribution in [0.3, 0.4) is 0 Å². The zero-order valence-corrected chi connectivity index (χ0v) is 12.6. The second-order valence-electron chi connectivity index (χ2n) is 5.07. The summed E-state index contributed by atoms with van der Waals surface area (Å²) in [4.78, 5) is 22.4. The lowest BCUT2D eigenvalue weighted by Crippen LogP contribution is -2.33. The average molecular weight is 275 g/mol. The molecular formula is C14H21N5O. The molecule has 108 valence electrons. The third-order valence-electron chi connectivity index (χ3n) is 3.96. The average Bonchev–Trinajstić information content (AvgIpc) is 2.69. The van der Waals surface area contributed by atoms with Crippen molar-refractivity contribution in [2.75, 3.05) is 19.3 Å². The summed E-state index contributed by atoms with van der Waals surface area (Å²) in [7, 11) is 1.80. The van der Waals surface area contributed by atoms with Gasteiger partial charge in [0, 0.05) is 19.3 Å². The Labute approximate surface area is 118 Å². The third kappa shape index (κ3) is 2.01.